The molecular weight excluding hydrogens is 236 g/mol. The minimum atomic E-state index is -0.0505. The molecule has 2 fully saturated rings. The lowest BCUT2D eigenvalue weighted by Gasteiger charge is -2.34. The molecule has 0 saturated heterocycles. The van der Waals surface area contributed by atoms with Crippen LogP contribution in [0.5, 0.6) is 0 Å². The number of ketones is 2. The average molecular weight is 254 g/mol. The van der Waals surface area contributed by atoms with Gasteiger partial charge in [0.25, 0.3) is 0 Å². The van der Waals surface area contributed by atoms with Crippen LogP contribution >= 0.6 is 0 Å². The first-order chi connectivity index (χ1) is 9.03. The third-order valence-corrected chi connectivity index (χ3v) is 5.85. The Hall–Kier alpha value is -1.44. The van der Waals surface area contributed by atoms with Crippen molar-refractivity contribution in [2.24, 2.45) is 29.1 Å². The van der Waals surface area contributed by atoms with Gasteiger partial charge in [0.05, 0.1) is 0 Å². The van der Waals surface area contributed by atoms with Gasteiger partial charge in [0.15, 0.2) is 11.6 Å². The van der Waals surface area contributed by atoms with Gasteiger partial charge in [-0.3, -0.25) is 9.59 Å². The summed E-state index contributed by atoms with van der Waals surface area (Å²) in [5, 5.41) is 0. The second-order valence-corrected chi connectivity index (χ2v) is 6.94. The lowest BCUT2D eigenvalue weighted by Crippen LogP contribution is -2.40. The Morgan fingerprint density at radius 1 is 1.00 bits per heavy atom. The van der Waals surface area contributed by atoms with E-state index < -0.39 is 0 Å². The highest BCUT2D eigenvalue weighted by Crippen LogP contribution is 2.69. The van der Waals surface area contributed by atoms with Crippen LogP contribution in [0.25, 0.3) is 0 Å². The van der Waals surface area contributed by atoms with Crippen molar-refractivity contribution in [3.8, 4) is 0 Å². The molecule has 0 bridgehead atoms. The monoisotopic (exact) mass is 254 g/mol. The molecule has 0 radical (unpaired) electrons. The zero-order chi connectivity index (χ0) is 13.4. The van der Waals surface area contributed by atoms with Crippen molar-refractivity contribution in [3.63, 3.8) is 0 Å². The Kier molecular flexibility index (Phi) is 2.01. The van der Waals surface area contributed by atoms with Crippen molar-refractivity contribution in [1.29, 1.82) is 0 Å². The first kappa shape index (κ1) is 11.4. The summed E-state index contributed by atoms with van der Waals surface area (Å²) < 4.78 is 0. The minimum absolute atomic E-state index is 0.0452. The van der Waals surface area contributed by atoms with E-state index >= 15 is 0 Å². The SMILES string of the molecule is CC1(C)C2CCC3C(=O)c4ccccc4C(=O)C3C21. The number of carbonyl (C=O) groups excluding carboxylic acids is 2. The summed E-state index contributed by atoms with van der Waals surface area (Å²) in [4.78, 5) is 25.4. The van der Waals surface area contributed by atoms with Crippen LogP contribution in [0.3, 0.4) is 0 Å². The van der Waals surface area contributed by atoms with E-state index in [4.69, 9.17) is 0 Å². The number of hydrogen-bond acceptors (Lipinski definition) is 2. The van der Waals surface area contributed by atoms with Gasteiger partial charge in [-0.1, -0.05) is 38.1 Å². The van der Waals surface area contributed by atoms with Gasteiger partial charge in [-0.05, 0) is 30.1 Å². The maximum Gasteiger partial charge on any atom is 0.167 e. The molecule has 1 aromatic rings. The van der Waals surface area contributed by atoms with E-state index in [2.05, 4.69) is 13.8 Å². The molecule has 3 aliphatic carbocycles. The first-order valence-corrected chi connectivity index (χ1v) is 7.21. The van der Waals surface area contributed by atoms with E-state index in [0.29, 0.717) is 23.0 Å². The third kappa shape index (κ3) is 1.27. The van der Waals surface area contributed by atoms with Crippen molar-refractivity contribution >= 4 is 11.6 Å². The Bertz CT molecular complexity index is 599. The molecular formula is C17H18O2. The highest BCUT2D eigenvalue weighted by atomic mass is 16.1. The number of Topliss-reactive ketones (excluding diaryl/α,β-unsaturated/α-hetero) is 2. The number of carbonyl (C=O) groups is 2. The maximum absolute atomic E-state index is 12.8. The fourth-order valence-corrected chi connectivity index (χ4v) is 4.77. The molecule has 4 atom stereocenters. The van der Waals surface area contributed by atoms with Crippen molar-refractivity contribution < 1.29 is 9.59 Å². The van der Waals surface area contributed by atoms with Gasteiger partial charge in [-0.25, -0.2) is 0 Å². The molecule has 0 aromatic heterocycles. The Morgan fingerprint density at radius 3 is 2.32 bits per heavy atom. The fourth-order valence-electron chi connectivity index (χ4n) is 4.77. The molecule has 4 unspecified atom stereocenters. The second kappa shape index (κ2) is 3.36. The molecule has 98 valence electrons. The zero-order valence-corrected chi connectivity index (χ0v) is 11.3. The van der Waals surface area contributed by atoms with Gasteiger partial charge in [0.2, 0.25) is 0 Å². The summed E-state index contributed by atoms with van der Waals surface area (Å²) in [6.07, 6.45) is 2.01. The zero-order valence-electron chi connectivity index (χ0n) is 11.3. The summed E-state index contributed by atoms with van der Waals surface area (Å²) in [5.74, 6) is 1.41. The van der Waals surface area contributed by atoms with Crippen LogP contribution in [0, 0.1) is 29.1 Å². The summed E-state index contributed by atoms with van der Waals surface area (Å²) in [5.41, 5.74) is 1.57. The molecule has 0 N–H and O–H groups in total. The largest absolute Gasteiger partial charge is 0.294 e. The van der Waals surface area contributed by atoms with Gasteiger partial charge in [-0.15, -0.1) is 0 Å². The van der Waals surface area contributed by atoms with E-state index in [-0.39, 0.29) is 28.8 Å². The van der Waals surface area contributed by atoms with E-state index in [1.807, 2.05) is 24.3 Å². The summed E-state index contributed by atoms with van der Waals surface area (Å²) in [6.45, 7) is 4.51. The van der Waals surface area contributed by atoms with Crippen molar-refractivity contribution in [2.45, 2.75) is 26.7 Å². The van der Waals surface area contributed by atoms with Gasteiger partial charge in [0, 0.05) is 23.0 Å². The van der Waals surface area contributed by atoms with E-state index in [1.165, 1.54) is 0 Å². The fraction of sp³-hybridized carbons (Fsp3) is 0.529. The van der Waals surface area contributed by atoms with Crippen molar-refractivity contribution in [3.05, 3.63) is 35.4 Å². The normalized spacial score (nSPS) is 38.2. The summed E-state index contributed by atoms with van der Waals surface area (Å²) >= 11 is 0. The van der Waals surface area contributed by atoms with Gasteiger partial charge in [-0.2, -0.15) is 0 Å². The molecule has 2 saturated carbocycles. The second-order valence-electron chi connectivity index (χ2n) is 6.94. The maximum atomic E-state index is 12.8. The molecule has 0 spiro atoms. The van der Waals surface area contributed by atoms with Crippen molar-refractivity contribution in [2.75, 3.05) is 0 Å². The number of fused-ring (bicyclic) bond motifs is 4. The summed E-state index contributed by atoms with van der Waals surface area (Å²) in [6, 6.07) is 7.36. The van der Waals surface area contributed by atoms with Crippen LogP contribution in [-0.2, 0) is 0 Å². The van der Waals surface area contributed by atoms with E-state index in [0.717, 1.165) is 12.8 Å². The predicted octanol–water partition coefficient (Wildman–Crippen LogP) is 3.36. The third-order valence-electron chi connectivity index (χ3n) is 5.85. The number of hydrogen-bond donors (Lipinski definition) is 0. The summed E-state index contributed by atoms with van der Waals surface area (Å²) in [7, 11) is 0. The molecule has 2 heteroatoms. The standard InChI is InChI=1S/C17H18O2/c1-17(2)12-8-7-11-13(14(12)17)16(19)10-6-4-3-5-9(10)15(11)18/h3-6,11-14H,7-8H2,1-2H3. The molecule has 0 amide bonds. The van der Waals surface area contributed by atoms with Crippen LogP contribution in [0.4, 0.5) is 0 Å². The van der Waals surface area contributed by atoms with Gasteiger partial charge >= 0.3 is 0 Å². The predicted molar refractivity (Wildman–Crippen MR) is 72.1 cm³/mol. The number of rotatable bonds is 0. The first-order valence-electron chi connectivity index (χ1n) is 7.21. The van der Waals surface area contributed by atoms with Crippen LogP contribution in [0.1, 0.15) is 47.4 Å². The molecule has 3 aliphatic rings. The smallest absolute Gasteiger partial charge is 0.167 e. The van der Waals surface area contributed by atoms with Crippen LogP contribution in [0.15, 0.2) is 24.3 Å². The van der Waals surface area contributed by atoms with Gasteiger partial charge < -0.3 is 0 Å². The van der Waals surface area contributed by atoms with E-state index in [1.54, 1.807) is 0 Å². The molecule has 4 rings (SSSR count). The quantitative estimate of drug-likeness (QED) is 0.711. The molecule has 19 heavy (non-hydrogen) atoms. The lowest BCUT2D eigenvalue weighted by molar-refractivity contribution is 0.0652. The van der Waals surface area contributed by atoms with Crippen LogP contribution < -0.4 is 0 Å². The lowest BCUT2D eigenvalue weighted by atomic mass is 9.67. The highest BCUT2D eigenvalue weighted by molar-refractivity contribution is 6.16. The average Bonchev–Trinajstić information content (AvgIpc) is 2.98. The highest BCUT2D eigenvalue weighted by Gasteiger charge is 2.67. The van der Waals surface area contributed by atoms with Gasteiger partial charge in [0.1, 0.15) is 0 Å². The molecule has 0 heterocycles. The molecule has 1 aromatic carbocycles. The van der Waals surface area contributed by atoms with Crippen molar-refractivity contribution in [1.82, 2.24) is 0 Å². The number of benzene rings is 1. The molecule has 2 nitrogen and oxygen atoms in total. The Balaban J connectivity index is 1.85. The minimum Gasteiger partial charge on any atom is -0.294 e. The van der Waals surface area contributed by atoms with Crippen LogP contribution in [0.2, 0.25) is 0 Å². The topological polar surface area (TPSA) is 34.1 Å². The molecule has 0 aliphatic heterocycles. The van der Waals surface area contributed by atoms with E-state index in [9.17, 15) is 9.59 Å². The van der Waals surface area contributed by atoms with Crippen LogP contribution in [-0.4, -0.2) is 11.6 Å². The Labute approximate surface area is 113 Å². The Morgan fingerprint density at radius 2 is 1.63 bits per heavy atom.